The lowest BCUT2D eigenvalue weighted by molar-refractivity contribution is -0.907. The van der Waals surface area contributed by atoms with Gasteiger partial charge in [-0.25, -0.2) is 0 Å². The molecule has 9 heteroatoms. The van der Waals surface area contributed by atoms with Crippen LogP contribution in [-0.4, -0.2) is 45.2 Å². The normalized spacial score (nSPS) is 15.2. The topological polar surface area (TPSA) is 104 Å². The molecule has 0 spiro atoms. The maximum atomic E-state index is 12.6. The van der Waals surface area contributed by atoms with Crippen molar-refractivity contribution in [1.29, 1.82) is 0 Å². The van der Waals surface area contributed by atoms with Crippen LogP contribution in [0, 0.1) is 10.1 Å². The highest BCUT2D eigenvalue weighted by atomic mass is 16.6. The Balaban J connectivity index is 1.70. The molecule has 0 aromatic heterocycles. The van der Waals surface area contributed by atoms with Gasteiger partial charge in [-0.15, -0.1) is 0 Å². The van der Waals surface area contributed by atoms with Crippen LogP contribution in [-0.2, 0) is 17.8 Å². The van der Waals surface area contributed by atoms with Crippen LogP contribution in [0.3, 0.4) is 0 Å². The summed E-state index contributed by atoms with van der Waals surface area (Å²) in [4.78, 5) is 24.1. The van der Waals surface area contributed by atoms with Gasteiger partial charge in [-0.05, 0) is 23.8 Å². The quantitative estimate of drug-likeness (QED) is 0.533. The van der Waals surface area contributed by atoms with Gasteiger partial charge < -0.3 is 24.4 Å². The third-order valence-electron chi connectivity index (χ3n) is 4.97. The number of amides is 1. The van der Waals surface area contributed by atoms with Crippen molar-refractivity contribution in [1.82, 2.24) is 0 Å². The summed E-state index contributed by atoms with van der Waals surface area (Å²) in [5, 5.41) is 13.7. The summed E-state index contributed by atoms with van der Waals surface area (Å²) in [5.41, 5.74) is 2.48. The van der Waals surface area contributed by atoms with Gasteiger partial charge in [0.2, 0.25) is 0 Å². The highest BCUT2D eigenvalue weighted by molar-refractivity contribution is 5.93. The highest BCUT2D eigenvalue weighted by Crippen LogP contribution is 2.31. The van der Waals surface area contributed by atoms with E-state index in [0.717, 1.165) is 23.4 Å². The van der Waals surface area contributed by atoms with Crippen LogP contribution in [0.1, 0.15) is 11.1 Å². The summed E-state index contributed by atoms with van der Waals surface area (Å²) in [6.07, 6.45) is 0.818. The molecule has 3 rings (SSSR count). The van der Waals surface area contributed by atoms with Crippen LogP contribution in [0.15, 0.2) is 30.3 Å². The molecule has 1 aliphatic rings. The second kappa shape index (κ2) is 8.78. The molecule has 0 saturated carbocycles. The van der Waals surface area contributed by atoms with Crippen molar-refractivity contribution >= 4 is 17.3 Å². The van der Waals surface area contributed by atoms with Crippen molar-refractivity contribution in [3.05, 3.63) is 51.6 Å². The summed E-state index contributed by atoms with van der Waals surface area (Å²) in [6.45, 7) is 1.71. The lowest BCUT2D eigenvalue weighted by Gasteiger charge is -2.26. The Bertz CT molecular complexity index is 931. The zero-order valence-electron chi connectivity index (χ0n) is 16.6. The van der Waals surface area contributed by atoms with E-state index in [0.29, 0.717) is 23.8 Å². The Hall–Kier alpha value is -3.33. The first-order chi connectivity index (χ1) is 13.9. The third kappa shape index (κ3) is 4.57. The summed E-state index contributed by atoms with van der Waals surface area (Å²) < 4.78 is 15.9. The Morgan fingerprint density at radius 1 is 1.07 bits per heavy atom. The van der Waals surface area contributed by atoms with Crippen molar-refractivity contribution in [2.24, 2.45) is 0 Å². The molecular weight excluding hydrogens is 378 g/mol. The van der Waals surface area contributed by atoms with Crippen LogP contribution in [0.5, 0.6) is 17.2 Å². The van der Waals surface area contributed by atoms with Crippen molar-refractivity contribution in [2.45, 2.75) is 13.0 Å². The predicted molar refractivity (Wildman–Crippen MR) is 106 cm³/mol. The number of methoxy groups -OCH3 is 3. The molecule has 1 amide bonds. The Kier molecular flexibility index (Phi) is 6.18. The standard InChI is InChI=1S/C20H23N3O6/c1-27-17-5-4-15(23(25)26)10-16(17)21-20(24)12-22-7-6-13-8-18(28-2)19(29-3)9-14(13)11-22/h4-5,8-10H,6-7,11-12H2,1-3H3,(H,21,24)/p+1. The van der Waals surface area contributed by atoms with Crippen LogP contribution < -0.4 is 24.4 Å². The molecule has 29 heavy (non-hydrogen) atoms. The van der Waals surface area contributed by atoms with Gasteiger partial charge in [0.15, 0.2) is 18.0 Å². The zero-order valence-corrected chi connectivity index (χ0v) is 16.6. The number of hydrogen-bond acceptors (Lipinski definition) is 6. The maximum Gasteiger partial charge on any atom is 0.279 e. The molecular formula is C20H24N3O6+. The van der Waals surface area contributed by atoms with Gasteiger partial charge in [-0.2, -0.15) is 0 Å². The fourth-order valence-electron chi connectivity index (χ4n) is 3.51. The minimum atomic E-state index is -0.510. The van der Waals surface area contributed by atoms with Crippen molar-refractivity contribution in [2.75, 3.05) is 39.7 Å². The molecule has 1 heterocycles. The van der Waals surface area contributed by atoms with E-state index in [4.69, 9.17) is 14.2 Å². The molecule has 1 aliphatic heterocycles. The molecule has 154 valence electrons. The largest absolute Gasteiger partial charge is 0.495 e. The molecule has 1 unspecified atom stereocenters. The Labute approximate surface area is 168 Å². The summed E-state index contributed by atoms with van der Waals surface area (Å²) in [7, 11) is 4.65. The van der Waals surface area contributed by atoms with Gasteiger partial charge in [0.1, 0.15) is 12.3 Å². The fourth-order valence-corrected chi connectivity index (χ4v) is 3.51. The Morgan fingerprint density at radius 3 is 2.34 bits per heavy atom. The number of quaternary nitrogens is 1. The SMILES string of the molecule is COc1ccc([N+](=O)[O-])cc1NC(=O)C[NH+]1CCc2cc(OC)c(OC)cc2C1. The van der Waals surface area contributed by atoms with E-state index in [-0.39, 0.29) is 23.8 Å². The molecule has 2 aromatic rings. The van der Waals surface area contributed by atoms with Gasteiger partial charge in [-0.3, -0.25) is 14.9 Å². The van der Waals surface area contributed by atoms with Gasteiger partial charge in [-0.1, -0.05) is 0 Å². The van der Waals surface area contributed by atoms with Crippen LogP contribution in [0.25, 0.3) is 0 Å². The second-order valence-corrected chi connectivity index (χ2v) is 6.77. The number of carbonyl (C=O) groups is 1. The number of hydrogen-bond donors (Lipinski definition) is 2. The first-order valence-electron chi connectivity index (χ1n) is 9.14. The number of nitrogens with one attached hydrogen (secondary N) is 2. The average molecular weight is 402 g/mol. The fraction of sp³-hybridized carbons (Fsp3) is 0.350. The number of fused-ring (bicyclic) bond motifs is 1. The predicted octanol–water partition coefficient (Wildman–Crippen LogP) is 1.20. The van der Waals surface area contributed by atoms with E-state index < -0.39 is 4.92 Å². The lowest BCUT2D eigenvalue weighted by Crippen LogP contribution is -3.12. The summed E-state index contributed by atoms with van der Waals surface area (Å²) in [6, 6.07) is 8.04. The number of anilines is 1. The molecule has 0 radical (unpaired) electrons. The van der Waals surface area contributed by atoms with E-state index in [1.807, 2.05) is 12.1 Å². The third-order valence-corrected chi connectivity index (χ3v) is 4.97. The highest BCUT2D eigenvalue weighted by Gasteiger charge is 2.24. The zero-order chi connectivity index (χ0) is 21.0. The van der Waals surface area contributed by atoms with E-state index in [1.165, 1.54) is 30.9 Å². The van der Waals surface area contributed by atoms with Crippen molar-refractivity contribution in [3.63, 3.8) is 0 Å². The van der Waals surface area contributed by atoms with Gasteiger partial charge in [0, 0.05) is 24.1 Å². The minimum Gasteiger partial charge on any atom is -0.495 e. The molecule has 2 aromatic carbocycles. The number of nitro benzene ring substituents is 1. The van der Waals surface area contributed by atoms with Crippen molar-refractivity contribution < 1.29 is 28.8 Å². The number of carbonyl (C=O) groups excluding carboxylic acids is 1. The molecule has 0 saturated heterocycles. The lowest BCUT2D eigenvalue weighted by atomic mass is 9.99. The number of ether oxygens (including phenoxy) is 3. The van der Waals surface area contributed by atoms with E-state index in [1.54, 1.807) is 14.2 Å². The van der Waals surface area contributed by atoms with Gasteiger partial charge in [0.05, 0.1) is 38.5 Å². The minimum absolute atomic E-state index is 0.110. The van der Waals surface area contributed by atoms with E-state index in [2.05, 4.69) is 5.32 Å². The molecule has 1 atom stereocenters. The maximum absolute atomic E-state index is 12.6. The molecule has 0 bridgehead atoms. The van der Waals surface area contributed by atoms with Gasteiger partial charge in [0.25, 0.3) is 11.6 Å². The van der Waals surface area contributed by atoms with Crippen molar-refractivity contribution in [3.8, 4) is 17.2 Å². The van der Waals surface area contributed by atoms with Crippen LogP contribution in [0.4, 0.5) is 11.4 Å². The summed E-state index contributed by atoms with van der Waals surface area (Å²) >= 11 is 0. The first-order valence-corrected chi connectivity index (χ1v) is 9.14. The van der Waals surface area contributed by atoms with Gasteiger partial charge >= 0.3 is 0 Å². The number of benzene rings is 2. The monoisotopic (exact) mass is 402 g/mol. The number of non-ortho nitro benzene ring substituents is 1. The molecule has 0 fully saturated rings. The second-order valence-electron chi connectivity index (χ2n) is 6.77. The number of rotatable bonds is 7. The van der Waals surface area contributed by atoms with E-state index >= 15 is 0 Å². The number of nitrogens with zero attached hydrogens (tertiary/aromatic N) is 1. The van der Waals surface area contributed by atoms with Crippen LogP contribution >= 0.6 is 0 Å². The van der Waals surface area contributed by atoms with Crippen LogP contribution in [0.2, 0.25) is 0 Å². The van der Waals surface area contributed by atoms with E-state index in [9.17, 15) is 14.9 Å². The Morgan fingerprint density at radius 2 is 1.72 bits per heavy atom. The molecule has 9 nitrogen and oxygen atoms in total. The summed E-state index contributed by atoms with van der Waals surface area (Å²) in [5.74, 6) is 1.51. The first kappa shape index (κ1) is 20.4. The average Bonchev–Trinajstić information content (AvgIpc) is 2.72. The number of nitro groups is 1. The smallest absolute Gasteiger partial charge is 0.279 e. The molecule has 2 N–H and O–H groups in total. The molecule has 0 aliphatic carbocycles.